The van der Waals surface area contributed by atoms with Crippen molar-refractivity contribution in [1.29, 1.82) is 0 Å². The zero-order chi connectivity index (χ0) is 26.4. The number of phenols is 3. The first-order chi connectivity index (χ1) is 18.3. The number of benzene rings is 4. The van der Waals surface area contributed by atoms with E-state index in [1.54, 1.807) is 36.4 Å². The Balaban J connectivity index is 1.29. The third kappa shape index (κ3) is 3.93. The van der Waals surface area contributed by atoms with Crippen molar-refractivity contribution in [2.45, 2.75) is 12.0 Å². The van der Waals surface area contributed by atoms with E-state index in [9.17, 15) is 20.1 Å². The summed E-state index contributed by atoms with van der Waals surface area (Å²) in [6.07, 6.45) is 0.715. The number of carbonyl (C=O) groups is 1. The van der Waals surface area contributed by atoms with E-state index in [0.717, 1.165) is 5.56 Å². The smallest absolute Gasteiger partial charge is 0.340 e. The molecule has 2 aliphatic heterocycles. The largest absolute Gasteiger partial charge is 0.508 e. The van der Waals surface area contributed by atoms with Crippen LogP contribution >= 0.6 is 12.2 Å². The molecule has 4 aromatic rings. The fraction of sp³-hybridized carbons (Fsp3) is 0.103. The van der Waals surface area contributed by atoms with E-state index in [1.165, 1.54) is 24.3 Å². The van der Waals surface area contributed by atoms with Crippen LogP contribution in [0.5, 0.6) is 28.7 Å². The fourth-order valence-corrected chi connectivity index (χ4v) is 5.16. The molecule has 0 saturated heterocycles. The molecule has 0 radical (unpaired) electrons. The molecular weight excluding hydrogens is 504 g/mol. The number of hydrogen-bond acceptors (Lipinski definition) is 7. The van der Waals surface area contributed by atoms with Crippen molar-refractivity contribution in [1.82, 2.24) is 5.32 Å². The first-order valence-corrected chi connectivity index (χ1v) is 12.3. The number of fused-ring (bicyclic) bond motifs is 6. The van der Waals surface area contributed by atoms with Gasteiger partial charge in [0.05, 0.1) is 5.56 Å². The van der Waals surface area contributed by atoms with Crippen molar-refractivity contribution < 1.29 is 29.6 Å². The SMILES string of the molecule is O=C1OC2(c3ccc(O)cc3Oc3cc(O)ccc32)c2ccc(NC(=S)NCCc3ccc(O)cc3)cc21. The minimum Gasteiger partial charge on any atom is -0.508 e. The summed E-state index contributed by atoms with van der Waals surface area (Å²) in [6, 6.07) is 21.6. The molecule has 6 rings (SSSR count). The number of nitrogens with one attached hydrogen (secondary N) is 2. The van der Waals surface area contributed by atoms with Gasteiger partial charge in [-0.25, -0.2) is 4.79 Å². The van der Waals surface area contributed by atoms with Gasteiger partial charge in [-0.2, -0.15) is 0 Å². The molecule has 2 aliphatic rings. The van der Waals surface area contributed by atoms with Gasteiger partial charge in [0.15, 0.2) is 10.7 Å². The second-order valence-electron chi connectivity index (χ2n) is 9.09. The van der Waals surface area contributed by atoms with Crippen molar-refractivity contribution in [3.63, 3.8) is 0 Å². The highest BCUT2D eigenvalue weighted by Gasteiger charge is 2.53. The first kappa shape index (κ1) is 23.6. The van der Waals surface area contributed by atoms with Crippen molar-refractivity contribution in [3.8, 4) is 28.7 Å². The van der Waals surface area contributed by atoms with Crippen LogP contribution < -0.4 is 15.4 Å². The van der Waals surface area contributed by atoms with Crippen LogP contribution in [-0.4, -0.2) is 32.9 Å². The van der Waals surface area contributed by atoms with Crippen molar-refractivity contribution in [2.24, 2.45) is 0 Å². The third-order valence-electron chi connectivity index (χ3n) is 6.67. The van der Waals surface area contributed by atoms with Crippen molar-refractivity contribution in [2.75, 3.05) is 11.9 Å². The summed E-state index contributed by atoms with van der Waals surface area (Å²) in [5.74, 6) is 0.348. The van der Waals surface area contributed by atoms with Crippen LogP contribution in [0.3, 0.4) is 0 Å². The second kappa shape index (κ2) is 8.97. The number of aromatic hydroxyl groups is 3. The lowest BCUT2D eigenvalue weighted by atomic mass is 9.77. The minimum atomic E-state index is -1.31. The molecule has 1 spiro atoms. The van der Waals surface area contributed by atoms with Crippen molar-refractivity contribution in [3.05, 3.63) is 107 Å². The Labute approximate surface area is 223 Å². The summed E-state index contributed by atoms with van der Waals surface area (Å²) < 4.78 is 12.1. The van der Waals surface area contributed by atoms with E-state index in [2.05, 4.69) is 10.6 Å². The third-order valence-corrected chi connectivity index (χ3v) is 6.91. The lowest BCUT2D eigenvalue weighted by Gasteiger charge is -2.36. The normalized spacial score (nSPS) is 14.1. The number of phenolic OH excluding ortho intramolecular Hbond substituents is 3. The molecule has 4 aromatic carbocycles. The molecule has 8 nitrogen and oxygen atoms in total. The Bertz CT molecular complexity index is 1550. The standard InChI is InChI=1S/C29H22N2O6S/c32-18-4-1-16(2-5-18)11-12-30-28(38)31-17-3-8-22-21(13-17)27(35)37-29(22)23-9-6-19(33)14-25(23)36-26-15-20(34)7-10-24(26)29/h1-10,13-15,32-34H,11-12H2,(H2,30,31,38). The van der Waals surface area contributed by atoms with Gasteiger partial charge in [0.25, 0.3) is 0 Å². The Kier molecular flexibility index (Phi) is 5.57. The van der Waals surface area contributed by atoms with Crippen LogP contribution in [-0.2, 0) is 16.8 Å². The van der Waals surface area contributed by atoms with Crippen LogP contribution in [0, 0.1) is 0 Å². The van der Waals surface area contributed by atoms with Gasteiger partial charge >= 0.3 is 5.97 Å². The Hall–Kier alpha value is -4.76. The number of esters is 1. The Morgan fingerprint density at radius 1 is 0.789 bits per heavy atom. The molecule has 2 heterocycles. The number of rotatable bonds is 4. The number of hydrogen-bond donors (Lipinski definition) is 5. The molecular formula is C29H22N2O6S. The summed E-state index contributed by atoms with van der Waals surface area (Å²) in [4.78, 5) is 13.2. The molecule has 38 heavy (non-hydrogen) atoms. The molecule has 0 saturated carbocycles. The average Bonchev–Trinajstić information content (AvgIpc) is 3.17. The lowest BCUT2D eigenvalue weighted by molar-refractivity contribution is 0.0224. The monoisotopic (exact) mass is 526 g/mol. The maximum Gasteiger partial charge on any atom is 0.340 e. The maximum absolute atomic E-state index is 13.2. The van der Waals surface area contributed by atoms with E-state index in [-0.39, 0.29) is 17.2 Å². The number of thiocarbonyl (C=S) groups is 1. The van der Waals surface area contributed by atoms with E-state index in [1.807, 2.05) is 18.2 Å². The molecule has 9 heteroatoms. The summed E-state index contributed by atoms with van der Waals surface area (Å²) >= 11 is 5.43. The van der Waals surface area contributed by atoms with Gasteiger partial charge < -0.3 is 35.4 Å². The van der Waals surface area contributed by atoms with Gasteiger partial charge in [0.1, 0.15) is 28.7 Å². The average molecular weight is 527 g/mol. The summed E-state index contributed by atoms with van der Waals surface area (Å²) in [5.41, 5.74) is 2.47. The summed E-state index contributed by atoms with van der Waals surface area (Å²) in [6.45, 7) is 0.583. The summed E-state index contributed by atoms with van der Waals surface area (Å²) in [5, 5.41) is 36.2. The highest BCUT2D eigenvalue weighted by Crippen LogP contribution is 2.57. The molecule has 190 valence electrons. The molecule has 0 atom stereocenters. The molecule has 0 aromatic heterocycles. The molecule has 0 aliphatic carbocycles. The van der Waals surface area contributed by atoms with Crippen LogP contribution in [0.2, 0.25) is 0 Å². The molecule has 0 unspecified atom stereocenters. The summed E-state index contributed by atoms with van der Waals surface area (Å²) in [7, 11) is 0. The second-order valence-corrected chi connectivity index (χ2v) is 9.50. The van der Waals surface area contributed by atoms with Crippen LogP contribution in [0.1, 0.15) is 32.6 Å². The number of carbonyl (C=O) groups excluding carboxylic acids is 1. The lowest BCUT2D eigenvalue weighted by Crippen LogP contribution is -2.33. The predicted molar refractivity (Wildman–Crippen MR) is 144 cm³/mol. The zero-order valence-electron chi connectivity index (χ0n) is 19.9. The highest BCUT2D eigenvalue weighted by atomic mass is 32.1. The number of ether oxygens (including phenoxy) is 2. The first-order valence-electron chi connectivity index (χ1n) is 11.9. The Morgan fingerprint density at radius 2 is 1.39 bits per heavy atom. The molecule has 0 bridgehead atoms. The minimum absolute atomic E-state index is 0.00183. The quantitative estimate of drug-likeness (QED) is 0.187. The van der Waals surface area contributed by atoms with Crippen LogP contribution in [0.4, 0.5) is 5.69 Å². The van der Waals surface area contributed by atoms with E-state index < -0.39 is 11.6 Å². The maximum atomic E-state index is 13.2. The molecule has 0 amide bonds. The van der Waals surface area contributed by atoms with Crippen LogP contribution in [0.15, 0.2) is 78.9 Å². The Morgan fingerprint density at radius 3 is 2.05 bits per heavy atom. The van der Waals surface area contributed by atoms with Crippen LogP contribution in [0.25, 0.3) is 0 Å². The topological polar surface area (TPSA) is 120 Å². The van der Waals surface area contributed by atoms with Gasteiger partial charge in [0, 0.05) is 41.1 Å². The predicted octanol–water partition coefficient (Wildman–Crippen LogP) is 4.90. The van der Waals surface area contributed by atoms with Gasteiger partial charge in [-0.3, -0.25) is 0 Å². The molecule has 5 N–H and O–H groups in total. The van der Waals surface area contributed by atoms with Gasteiger partial charge in [0.2, 0.25) is 0 Å². The van der Waals surface area contributed by atoms with Gasteiger partial charge in [-0.05, 0) is 72.7 Å². The number of anilines is 1. The van der Waals surface area contributed by atoms with Gasteiger partial charge in [-0.1, -0.05) is 18.2 Å². The zero-order valence-corrected chi connectivity index (χ0v) is 20.7. The fourth-order valence-electron chi connectivity index (χ4n) is 4.94. The van der Waals surface area contributed by atoms with Crippen molar-refractivity contribution >= 4 is 29.0 Å². The highest BCUT2D eigenvalue weighted by molar-refractivity contribution is 7.80. The van der Waals surface area contributed by atoms with Gasteiger partial charge in [-0.15, -0.1) is 0 Å². The van der Waals surface area contributed by atoms with E-state index in [4.69, 9.17) is 21.7 Å². The molecule has 0 fully saturated rings. The van der Waals surface area contributed by atoms with E-state index in [0.29, 0.717) is 57.5 Å². The van der Waals surface area contributed by atoms with E-state index >= 15 is 0 Å².